The lowest BCUT2D eigenvalue weighted by molar-refractivity contribution is 0.0278. The summed E-state index contributed by atoms with van der Waals surface area (Å²) < 4.78 is 60.5. The molecule has 2 aliphatic heterocycles. The van der Waals surface area contributed by atoms with E-state index in [2.05, 4.69) is 21.1 Å². The quantitative estimate of drug-likeness (QED) is 0.185. The topological polar surface area (TPSA) is 68.4 Å². The molecule has 2 saturated heterocycles. The Kier molecular flexibility index (Phi) is 10.5. The standard InChI is InChI=1S/C33H34ClF4N5O3/c1-21-16-42(22(2)29(19-44)43(21)17-23-3-6-26(35)7-4-23)20-46-30-10-5-25(34)15-24(30)18-40-11-13-41(14-12-40)33(45)39-28-9-8-27(36)31(37)32(28)38/h3-10,15,21-22H,11-14,16-18,20H2,1-2H3,(H,39,45)/t21-,22+/m1/s1. The summed E-state index contributed by atoms with van der Waals surface area (Å²) in [6.07, 6.45) is 0. The van der Waals surface area contributed by atoms with Crippen molar-refractivity contribution in [3.63, 3.8) is 0 Å². The van der Waals surface area contributed by atoms with Crippen LogP contribution in [0.4, 0.5) is 28.0 Å². The molecular weight excluding hydrogens is 626 g/mol. The van der Waals surface area contributed by atoms with Crippen molar-refractivity contribution in [3.8, 4) is 5.75 Å². The van der Waals surface area contributed by atoms with Crippen molar-refractivity contribution in [1.82, 2.24) is 19.6 Å². The van der Waals surface area contributed by atoms with Crippen molar-refractivity contribution in [1.29, 1.82) is 0 Å². The molecule has 8 nitrogen and oxygen atoms in total. The minimum Gasteiger partial charge on any atom is -0.478 e. The molecule has 3 aromatic rings. The maximum atomic E-state index is 14.0. The van der Waals surface area contributed by atoms with E-state index in [0.29, 0.717) is 62.3 Å². The monoisotopic (exact) mass is 659 g/mol. The van der Waals surface area contributed by atoms with E-state index in [1.165, 1.54) is 17.0 Å². The third-order valence-corrected chi connectivity index (χ3v) is 8.63. The summed E-state index contributed by atoms with van der Waals surface area (Å²) in [5.74, 6) is -2.00. The first-order valence-corrected chi connectivity index (χ1v) is 15.2. The molecule has 0 radical (unpaired) electrons. The Morgan fingerprint density at radius 1 is 0.957 bits per heavy atom. The van der Waals surface area contributed by atoms with Crippen LogP contribution in [0.25, 0.3) is 0 Å². The molecule has 0 saturated carbocycles. The summed E-state index contributed by atoms with van der Waals surface area (Å²) in [5, 5.41) is 2.85. The first-order chi connectivity index (χ1) is 22.0. The highest BCUT2D eigenvalue weighted by atomic mass is 35.5. The Balaban J connectivity index is 1.17. The van der Waals surface area contributed by atoms with E-state index in [0.717, 1.165) is 23.3 Å². The van der Waals surface area contributed by atoms with Crippen molar-refractivity contribution in [3.05, 3.63) is 99.7 Å². The fourth-order valence-corrected chi connectivity index (χ4v) is 5.91. The lowest BCUT2D eigenvalue weighted by atomic mass is 10.0. The zero-order valence-corrected chi connectivity index (χ0v) is 26.2. The minimum atomic E-state index is -1.64. The third kappa shape index (κ3) is 7.64. The largest absolute Gasteiger partial charge is 0.478 e. The van der Waals surface area contributed by atoms with Gasteiger partial charge in [-0.3, -0.25) is 9.80 Å². The van der Waals surface area contributed by atoms with Gasteiger partial charge in [-0.25, -0.2) is 27.2 Å². The van der Waals surface area contributed by atoms with E-state index in [4.69, 9.17) is 16.3 Å². The van der Waals surface area contributed by atoms with Gasteiger partial charge in [0.1, 0.15) is 29.9 Å². The van der Waals surface area contributed by atoms with E-state index >= 15 is 0 Å². The molecule has 13 heteroatoms. The van der Waals surface area contributed by atoms with E-state index in [1.54, 1.807) is 24.3 Å². The van der Waals surface area contributed by atoms with Crippen molar-refractivity contribution in [2.45, 2.75) is 39.0 Å². The van der Waals surface area contributed by atoms with E-state index in [9.17, 15) is 27.2 Å². The predicted octanol–water partition coefficient (Wildman–Crippen LogP) is 5.89. The van der Waals surface area contributed by atoms with Gasteiger partial charge in [-0.05, 0) is 61.9 Å². The molecule has 0 unspecified atom stereocenters. The highest BCUT2D eigenvalue weighted by Gasteiger charge is 2.34. The van der Waals surface area contributed by atoms with Crippen LogP contribution in [0.5, 0.6) is 5.75 Å². The molecular formula is C33H34ClF4N5O3. The fourth-order valence-electron chi connectivity index (χ4n) is 5.71. The number of amides is 2. The number of rotatable bonds is 8. The van der Waals surface area contributed by atoms with Gasteiger partial charge < -0.3 is 19.9 Å². The van der Waals surface area contributed by atoms with Crippen LogP contribution in [0.1, 0.15) is 25.0 Å². The van der Waals surface area contributed by atoms with Gasteiger partial charge in [0, 0.05) is 62.4 Å². The molecule has 244 valence electrons. The molecule has 2 heterocycles. The van der Waals surface area contributed by atoms with E-state index < -0.39 is 29.2 Å². The van der Waals surface area contributed by atoms with Crippen molar-refractivity contribution in [2.75, 3.05) is 44.8 Å². The van der Waals surface area contributed by atoms with Gasteiger partial charge in [-0.2, -0.15) is 0 Å². The van der Waals surface area contributed by atoms with Gasteiger partial charge in [-0.15, -0.1) is 0 Å². The van der Waals surface area contributed by atoms with Crippen LogP contribution >= 0.6 is 11.6 Å². The maximum Gasteiger partial charge on any atom is 0.322 e. The summed E-state index contributed by atoms with van der Waals surface area (Å²) in [7, 11) is 0. The average molecular weight is 660 g/mol. The predicted molar refractivity (Wildman–Crippen MR) is 166 cm³/mol. The van der Waals surface area contributed by atoms with Crippen LogP contribution in [0.2, 0.25) is 5.02 Å². The number of anilines is 1. The molecule has 3 aromatic carbocycles. The van der Waals surface area contributed by atoms with E-state index in [1.807, 2.05) is 24.8 Å². The molecule has 46 heavy (non-hydrogen) atoms. The van der Waals surface area contributed by atoms with Crippen LogP contribution in [0.15, 0.2) is 60.3 Å². The summed E-state index contributed by atoms with van der Waals surface area (Å²) in [6, 6.07) is 12.4. The number of halogens is 5. The normalized spacial score (nSPS) is 19.2. The van der Waals surface area contributed by atoms with Crippen molar-refractivity contribution >= 4 is 29.3 Å². The molecule has 2 aliphatic rings. The lowest BCUT2D eigenvalue weighted by Gasteiger charge is -2.45. The number of carbonyl (C=O) groups is 1. The summed E-state index contributed by atoms with van der Waals surface area (Å²) in [4.78, 5) is 32.4. The lowest BCUT2D eigenvalue weighted by Crippen LogP contribution is -2.55. The van der Waals surface area contributed by atoms with Gasteiger partial charge in [-0.1, -0.05) is 23.7 Å². The van der Waals surface area contributed by atoms with E-state index in [-0.39, 0.29) is 24.6 Å². The van der Waals surface area contributed by atoms with Crippen LogP contribution < -0.4 is 10.1 Å². The second-order valence-corrected chi connectivity index (χ2v) is 11.9. The first-order valence-electron chi connectivity index (χ1n) is 14.9. The number of piperazine rings is 2. The summed E-state index contributed by atoms with van der Waals surface area (Å²) in [5.41, 5.74) is 1.80. The smallest absolute Gasteiger partial charge is 0.322 e. The molecule has 0 aliphatic carbocycles. The molecule has 1 N–H and O–H groups in total. The third-order valence-electron chi connectivity index (χ3n) is 8.39. The number of nitrogens with zero attached hydrogens (tertiary/aromatic N) is 4. The van der Waals surface area contributed by atoms with Gasteiger partial charge in [0.2, 0.25) is 0 Å². The van der Waals surface area contributed by atoms with Crippen molar-refractivity contribution in [2.24, 2.45) is 0 Å². The number of urea groups is 1. The SMILES string of the molecule is C[C@@H]1CN(COc2ccc(Cl)cc2CN2CCN(C(=O)Nc3ccc(F)c(F)c3F)CC2)[C@@H](C)C(=C=O)N1Cc1ccc(F)cc1. The van der Waals surface area contributed by atoms with Gasteiger partial charge in [0.05, 0.1) is 11.7 Å². The molecule has 2 fully saturated rings. The number of hydrogen-bond donors (Lipinski definition) is 1. The average Bonchev–Trinajstić information content (AvgIpc) is 3.04. The second-order valence-electron chi connectivity index (χ2n) is 11.5. The zero-order valence-electron chi connectivity index (χ0n) is 25.4. The number of nitrogens with one attached hydrogen (secondary N) is 1. The highest BCUT2D eigenvalue weighted by molar-refractivity contribution is 6.30. The van der Waals surface area contributed by atoms with Crippen molar-refractivity contribution < 1.29 is 31.9 Å². The number of ether oxygens (including phenoxy) is 1. The molecule has 0 bridgehead atoms. The van der Waals surface area contributed by atoms with Gasteiger partial charge >= 0.3 is 6.03 Å². The van der Waals surface area contributed by atoms with Crippen LogP contribution in [0.3, 0.4) is 0 Å². The van der Waals surface area contributed by atoms with Gasteiger partial charge in [0.25, 0.3) is 0 Å². The zero-order chi connectivity index (χ0) is 33.0. The molecule has 2 amide bonds. The maximum absolute atomic E-state index is 14.0. The van der Waals surface area contributed by atoms with Crippen LogP contribution in [0, 0.1) is 23.3 Å². The Hall–Kier alpha value is -4.09. The summed E-state index contributed by atoms with van der Waals surface area (Å²) >= 11 is 6.33. The number of carbonyl (C=O) groups excluding carboxylic acids is 2. The minimum absolute atomic E-state index is 0.0296. The highest BCUT2D eigenvalue weighted by Crippen LogP contribution is 2.29. The molecule has 5 rings (SSSR count). The Labute approximate surface area is 269 Å². The first kappa shape index (κ1) is 33.3. The second kappa shape index (κ2) is 14.6. The molecule has 0 aromatic heterocycles. The molecule has 0 spiro atoms. The van der Waals surface area contributed by atoms with Crippen LogP contribution in [-0.4, -0.2) is 83.1 Å². The fraction of sp³-hybridized carbons (Fsp3) is 0.364. The Morgan fingerprint density at radius 2 is 1.67 bits per heavy atom. The van der Waals surface area contributed by atoms with Gasteiger partial charge in [0.15, 0.2) is 17.5 Å². The number of hydrogen-bond acceptors (Lipinski definition) is 6. The molecule has 2 atom stereocenters. The number of benzene rings is 3. The Bertz CT molecular complexity index is 1610. The summed E-state index contributed by atoms with van der Waals surface area (Å²) in [6.45, 7) is 7.37. The van der Waals surface area contributed by atoms with Crippen LogP contribution in [-0.2, 0) is 17.9 Å². The Morgan fingerprint density at radius 3 is 2.37 bits per heavy atom.